The van der Waals surface area contributed by atoms with Crippen molar-refractivity contribution in [1.29, 1.82) is 0 Å². The predicted molar refractivity (Wildman–Crippen MR) is 72.0 cm³/mol. The van der Waals surface area contributed by atoms with Crippen LogP contribution in [0.3, 0.4) is 0 Å². The molecule has 0 aliphatic carbocycles. The maximum Gasteiger partial charge on any atom is 0.156 e. The third-order valence-electron chi connectivity index (χ3n) is 3.39. The number of aryl methyl sites for hydroxylation is 1. The van der Waals surface area contributed by atoms with Crippen molar-refractivity contribution in [2.75, 3.05) is 5.75 Å². The van der Waals surface area contributed by atoms with E-state index in [0.29, 0.717) is 29.6 Å². The van der Waals surface area contributed by atoms with E-state index in [4.69, 9.17) is 0 Å². The summed E-state index contributed by atoms with van der Waals surface area (Å²) < 4.78 is 26.4. The number of rotatable bonds is 3. The first-order valence-corrected chi connectivity index (χ1v) is 8.59. The van der Waals surface area contributed by atoms with E-state index < -0.39 is 21.2 Å². The van der Waals surface area contributed by atoms with Gasteiger partial charge in [-0.3, -0.25) is 4.68 Å². The Kier molecular flexibility index (Phi) is 4.13. The Morgan fingerprint density at radius 3 is 2.94 bits per heavy atom. The highest BCUT2D eigenvalue weighted by atomic mass is 79.9. The molecule has 0 aromatic carbocycles. The Balaban J connectivity index is 2.35. The highest BCUT2D eigenvalue weighted by Crippen LogP contribution is 2.33. The summed E-state index contributed by atoms with van der Waals surface area (Å²) in [5.74, 6) is 0.173. The number of hydrogen-bond donors (Lipinski definition) is 1. The topological polar surface area (TPSA) is 72.2 Å². The van der Waals surface area contributed by atoms with Gasteiger partial charge in [0.1, 0.15) is 6.10 Å². The first-order chi connectivity index (χ1) is 8.47. The summed E-state index contributed by atoms with van der Waals surface area (Å²) >= 11 is 3.32. The zero-order chi connectivity index (χ0) is 13.3. The molecule has 1 fully saturated rings. The van der Waals surface area contributed by atoms with Gasteiger partial charge in [-0.1, -0.05) is 6.42 Å². The van der Waals surface area contributed by atoms with Gasteiger partial charge < -0.3 is 5.11 Å². The number of sulfone groups is 1. The van der Waals surface area contributed by atoms with Gasteiger partial charge in [0.25, 0.3) is 0 Å². The molecule has 102 valence electrons. The summed E-state index contributed by atoms with van der Waals surface area (Å²) in [5, 5.41) is 13.8. The van der Waals surface area contributed by atoms with E-state index >= 15 is 0 Å². The van der Waals surface area contributed by atoms with E-state index in [2.05, 4.69) is 21.0 Å². The van der Waals surface area contributed by atoms with Crippen LogP contribution in [0.1, 0.15) is 38.0 Å². The number of aliphatic hydroxyl groups excluding tert-OH is 1. The maximum atomic E-state index is 12.0. The normalized spacial score (nSPS) is 24.9. The van der Waals surface area contributed by atoms with Crippen LogP contribution in [0, 0.1) is 0 Å². The molecule has 0 bridgehead atoms. The van der Waals surface area contributed by atoms with Crippen molar-refractivity contribution in [2.45, 2.75) is 44.1 Å². The van der Waals surface area contributed by atoms with Gasteiger partial charge in [-0.2, -0.15) is 5.10 Å². The fourth-order valence-corrected chi connectivity index (χ4v) is 4.92. The van der Waals surface area contributed by atoms with Crippen molar-refractivity contribution in [3.63, 3.8) is 0 Å². The summed E-state index contributed by atoms with van der Waals surface area (Å²) in [6.07, 6.45) is 2.65. The Morgan fingerprint density at radius 2 is 2.33 bits per heavy atom. The quantitative estimate of drug-likeness (QED) is 0.911. The van der Waals surface area contributed by atoms with E-state index in [1.807, 2.05) is 6.92 Å². The van der Waals surface area contributed by atoms with Crippen LogP contribution >= 0.6 is 15.9 Å². The Morgan fingerprint density at radius 1 is 1.61 bits per heavy atom. The van der Waals surface area contributed by atoms with Crippen molar-refractivity contribution in [3.8, 4) is 0 Å². The second-order valence-electron chi connectivity index (χ2n) is 4.54. The third kappa shape index (κ3) is 2.48. The van der Waals surface area contributed by atoms with Crippen molar-refractivity contribution < 1.29 is 13.5 Å². The molecule has 5 nitrogen and oxygen atoms in total. The summed E-state index contributed by atoms with van der Waals surface area (Å²) in [6.45, 7) is 2.51. The van der Waals surface area contributed by atoms with Crippen LogP contribution in [0.25, 0.3) is 0 Å². The van der Waals surface area contributed by atoms with Crippen LogP contribution < -0.4 is 0 Å². The third-order valence-corrected chi connectivity index (χ3v) is 6.28. The van der Waals surface area contributed by atoms with Crippen LogP contribution in [0.4, 0.5) is 0 Å². The van der Waals surface area contributed by atoms with Crippen LogP contribution in [-0.2, 0) is 16.4 Å². The molecule has 1 N–H and O–H groups in total. The molecular weight excluding hydrogens is 320 g/mol. The van der Waals surface area contributed by atoms with E-state index in [1.165, 1.54) is 0 Å². The average Bonchev–Trinajstić information content (AvgIpc) is 2.69. The highest BCUT2D eigenvalue weighted by Gasteiger charge is 2.37. The van der Waals surface area contributed by atoms with Gasteiger partial charge in [0, 0.05) is 6.54 Å². The first kappa shape index (κ1) is 14.0. The molecule has 0 amide bonds. The maximum absolute atomic E-state index is 12.0. The Hall–Kier alpha value is -0.400. The fraction of sp³-hybridized carbons (Fsp3) is 0.727. The Bertz CT molecular complexity index is 526. The smallest absolute Gasteiger partial charge is 0.156 e. The lowest BCUT2D eigenvalue weighted by Gasteiger charge is -2.27. The standard InChI is InChI=1S/C11H17BrN2O3S/c1-2-14-10(8(12)7-13-14)11(15)9-5-3-4-6-18(9,16)17/h7,9,11,15H,2-6H2,1H3. The number of halogens is 1. The minimum absolute atomic E-state index is 0.173. The summed E-state index contributed by atoms with van der Waals surface area (Å²) in [4.78, 5) is 0. The lowest BCUT2D eigenvalue weighted by molar-refractivity contribution is 0.153. The molecule has 2 unspecified atom stereocenters. The first-order valence-electron chi connectivity index (χ1n) is 6.08. The zero-order valence-electron chi connectivity index (χ0n) is 10.2. The second-order valence-corrected chi connectivity index (χ2v) is 7.73. The Labute approximate surface area is 115 Å². The molecule has 0 radical (unpaired) electrons. The number of nitrogens with zero attached hydrogens (tertiary/aromatic N) is 2. The van der Waals surface area contributed by atoms with Gasteiger partial charge in [-0.05, 0) is 35.7 Å². The van der Waals surface area contributed by atoms with Gasteiger partial charge in [0.15, 0.2) is 9.84 Å². The van der Waals surface area contributed by atoms with Gasteiger partial charge in [0.2, 0.25) is 0 Å². The lowest BCUT2D eigenvalue weighted by atomic mass is 10.1. The minimum Gasteiger partial charge on any atom is -0.385 e. The second kappa shape index (κ2) is 5.30. The van der Waals surface area contributed by atoms with Crippen molar-refractivity contribution in [1.82, 2.24) is 9.78 Å². The van der Waals surface area contributed by atoms with Crippen molar-refractivity contribution >= 4 is 25.8 Å². The van der Waals surface area contributed by atoms with E-state index in [9.17, 15) is 13.5 Å². The largest absolute Gasteiger partial charge is 0.385 e. The average molecular weight is 337 g/mol. The van der Waals surface area contributed by atoms with Gasteiger partial charge in [0.05, 0.1) is 27.4 Å². The number of hydrogen-bond acceptors (Lipinski definition) is 4. The number of aliphatic hydroxyl groups is 1. The van der Waals surface area contributed by atoms with Gasteiger partial charge in [-0.15, -0.1) is 0 Å². The molecule has 1 aromatic heterocycles. The molecular formula is C11H17BrN2O3S. The predicted octanol–water partition coefficient (Wildman–Crippen LogP) is 1.67. The molecule has 7 heteroatoms. The molecule has 0 spiro atoms. The molecule has 1 aliphatic heterocycles. The van der Waals surface area contributed by atoms with E-state index in [1.54, 1.807) is 10.9 Å². The molecule has 1 saturated heterocycles. The summed E-state index contributed by atoms with van der Waals surface area (Å²) in [6, 6.07) is 0. The molecule has 2 atom stereocenters. The fourth-order valence-electron chi connectivity index (χ4n) is 2.43. The highest BCUT2D eigenvalue weighted by molar-refractivity contribution is 9.10. The van der Waals surface area contributed by atoms with Crippen LogP contribution in [0.15, 0.2) is 10.7 Å². The SMILES string of the molecule is CCn1ncc(Br)c1C(O)C1CCCCS1(=O)=O. The van der Waals surface area contributed by atoms with Crippen molar-refractivity contribution in [3.05, 3.63) is 16.4 Å². The molecule has 2 heterocycles. The van der Waals surface area contributed by atoms with Crippen molar-refractivity contribution in [2.24, 2.45) is 0 Å². The van der Waals surface area contributed by atoms with Crippen LogP contribution in [-0.4, -0.2) is 34.3 Å². The van der Waals surface area contributed by atoms with Gasteiger partial charge >= 0.3 is 0 Å². The van der Waals surface area contributed by atoms with Gasteiger partial charge in [-0.25, -0.2) is 8.42 Å². The van der Waals surface area contributed by atoms with E-state index in [-0.39, 0.29) is 5.75 Å². The molecule has 18 heavy (non-hydrogen) atoms. The monoisotopic (exact) mass is 336 g/mol. The van der Waals surface area contributed by atoms with E-state index in [0.717, 1.165) is 6.42 Å². The number of aromatic nitrogens is 2. The minimum atomic E-state index is -3.20. The van der Waals surface area contributed by atoms with Crippen LogP contribution in [0.5, 0.6) is 0 Å². The summed E-state index contributed by atoms with van der Waals surface area (Å²) in [5.41, 5.74) is 0.563. The lowest BCUT2D eigenvalue weighted by Crippen LogP contribution is -2.35. The van der Waals surface area contributed by atoms with Crippen LogP contribution in [0.2, 0.25) is 0 Å². The molecule has 1 aromatic rings. The summed E-state index contributed by atoms with van der Waals surface area (Å²) in [7, 11) is -3.20. The molecule has 1 aliphatic rings. The zero-order valence-corrected chi connectivity index (χ0v) is 12.6. The molecule has 2 rings (SSSR count). The molecule has 0 saturated carbocycles.